The summed E-state index contributed by atoms with van der Waals surface area (Å²) in [5.74, 6) is 0. The molecule has 1 saturated heterocycles. The second-order valence-corrected chi connectivity index (χ2v) is 2.35. The summed E-state index contributed by atoms with van der Waals surface area (Å²) in [6.45, 7) is 0.637. The van der Waals surface area contributed by atoms with Crippen molar-refractivity contribution in [3.8, 4) is 0 Å². The van der Waals surface area contributed by atoms with Crippen LogP contribution in [0.5, 0.6) is 0 Å². The SMILES string of the molecule is CNC1CCC(O)OC1. The van der Waals surface area contributed by atoms with Gasteiger partial charge in [-0.3, -0.25) is 0 Å². The Morgan fingerprint density at radius 3 is 2.78 bits per heavy atom. The zero-order valence-corrected chi connectivity index (χ0v) is 5.63. The zero-order valence-electron chi connectivity index (χ0n) is 5.63. The Bertz CT molecular complexity index is 79.1. The van der Waals surface area contributed by atoms with Crippen LogP contribution in [-0.2, 0) is 4.74 Å². The van der Waals surface area contributed by atoms with Crippen molar-refractivity contribution in [1.82, 2.24) is 5.32 Å². The summed E-state index contributed by atoms with van der Waals surface area (Å²) in [6, 6.07) is 0.438. The molecule has 0 aromatic rings. The summed E-state index contributed by atoms with van der Waals surface area (Å²) >= 11 is 0. The topological polar surface area (TPSA) is 41.5 Å². The van der Waals surface area contributed by atoms with E-state index in [0.717, 1.165) is 12.8 Å². The molecule has 3 nitrogen and oxygen atoms in total. The molecule has 0 aliphatic carbocycles. The predicted octanol–water partition coefficient (Wildman–Crippen LogP) is -0.297. The molecule has 0 aromatic heterocycles. The van der Waals surface area contributed by atoms with Gasteiger partial charge < -0.3 is 15.2 Å². The summed E-state index contributed by atoms with van der Waals surface area (Å²) in [6.07, 6.45) is 1.25. The predicted molar refractivity (Wildman–Crippen MR) is 34.0 cm³/mol. The summed E-state index contributed by atoms with van der Waals surface area (Å²) in [7, 11) is 1.91. The first-order valence-electron chi connectivity index (χ1n) is 3.30. The molecule has 1 aliphatic heterocycles. The molecule has 1 heterocycles. The molecule has 0 spiro atoms. The molecule has 9 heavy (non-hydrogen) atoms. The van der Waals surface area contributed by atoms with E-state index in [1.165, 1.54) is 0 Å². The number of hydrogen-bond donors (Lipinski definition) is 2. The van der Waals surface area contributed by atoms with E-state index in [1.807, 2.05) is 7.05 Å². The minimum atomic E-state index is -0.519. The highest BCUT2D eigenvalue weighted by molar-refractivity contribution is 4.68. The normalized spacial score (nSPS) is 36.7. The Hall–Kier alpha value is -0.120. The second-order valence-electron chi connectivity index (χ2n) is 2.35. The van der Waals surface area contributed by atoms with Crippen LogP contribution in [0.1, 0.15) is 12.8 Å². The van der Waals surface area contributed by atoms with Crippen molar-refractivity contribution in [2.75, 3.05) is 13.7 Å². The minimum absolute atomic E-state index is 0.438. The summed E-state index contributed by atoms with van der Waals surface area (Å²) in [5, 5.41) is 12.0. The van der Waals surface area contributed by atoms with Crippen LogP contribution in [0.25, 0.3) is 0 Å². The van der Waals surface area contributed by atoms with Gasteiger partial charge in [0.1, 0.15) is 0 Å². The van der Waals surface area contributed by atoms with Gasteiger partial charge in [0.2, 0.25) is 0 Å². The molecule has 2 N–H and O–H groups in total. The lowest BCUT2D eigenvalue weighted by Gasteiger charge is -2.25. The Morgan fingerprint density at radius 1 is 1.56 bits per heavy atom. The van der Waals surface area contributed by atoms with Crippen molar-refractivity contribution < 1.29 is 9.84 Å². The Morgan fingerprint density at radius 2 is 2.33 bits per heavy atom. The Labute approximate surface area is 55.0 Å². The first-order valence-corrected chi connectivity index (χ1v) is 3.30. The van der Waals surface area contributed by atoms with Crippen molar-refractivity contribution in [3.05, 3.63) is 0 Å². The van der Waals surface area contributed by atoms with Crippen LogP contribution in [0.15, 0.2) is 0 Å². The molecule has 2 unspecified atom stereocenters. The fourth-order valence-corrected chi connectivity index (χ4v) is 0.965. The largest absolute Gasteiger partial charge is 0.368 e. The molecule has 0 aromatic carbocycles. The quantitative estimate of drug-likeness (QED) is 0.513. The number of hydrogen-bond acceptors (Lipinski definition) is 3. The van der Waals surface area contributed by atoms with Gasteiger partial charge in [0.15, 0.2) is 6.29 Å². The second kappa shape index (κ2) is 3.15. The fourth-order valence-electron chi connectivity index (χ4n) is 0.965. The highest BCUT2D eigenvalue weighted by Crippen LogP contribution is 2.09. The summed E-state index contributed by atoms with van der Waals surface area (Å²) in [4.78, 5) is 0. The highest BCUT2D eigenvalue weighted by atomic mass is 16.6. The fraction of sp³-hybridized carbons (Fsp3) is 1.00. The van der Waals surface area contributed by atoms with E-state index in [1.54, 1.807) is 0 Å². The van der Waals surface area contributed by atoms with Gasteiger partial charge >= 0.3 is 0 Å². The molecular formula is C6H13NO2. The monoisotopic (exact) mass is 131 g/mol. The minimum Gasteiger partial charge on any atom is -0.368 e. The molecule has 1 rings (SSSR count). The van der Waals surface area contributed by atoms with E-state index in [2.05, 4.69) is 5.32 Å². The van der Waals surface area contributed by atoms with E-state index in [-0.39, 0.29) is 0 Å². The average Bonchev–Trinajstić information content (AvgIpc) is 1.90. The van der Waals surface area contributed by atoms with Crippen LogP contribution in [-0.4, -0.2) is 31.1 Å². The number of aliphatic hydroxyl groups is 1. The van der Waals surface area contributed by atoms with Crippen molar-refractivity contribution in [3.63, 3.8) is 0 Å². The zero-order chi connectivity index (χ0) is 6.69. The van der Waals surface area contributed by atoms with Gasteiger partial charge in [-0.1, -0.05) is 0 Å². The van der Waals surface area contributed by atoms with Crippen LogP contribution in [0.4, 0.5) is 0 Å². The van der Waals surface area contributed by atoms with E-state index >= 15 is 0 Å². The third-order valence-electron chi connectivity index (χ3n) is 1.66. The van der Waals surface area contributed by atoms with Crippen molar-refractivity contribution >= 4 is 0 Å². The molecule has 0 saturated carbocycles. The van der Waals surface area contributed by atoms with Crippen LogP contribution in [0.3, 0.4) is 0 Å². The molecule has 1 aliphatic rings. The van der Waals surface area contributed by atoms with E-state index < -0.39 is 6.29 Å². The number of aliphatic hydroxyl groups excluding tert-OH is 1. The lowest BCUT2D eigenvalue weighted by atomic mass is 10.1. The van der Waals surface area contributed by atoms with Crippen LogP contribution < -0.4 is 5.32 Å². The van der Waals surface area contributed by atoms with Crippen LogP contribution in [0, 0.1) is 0 Å². The van der Waals surface area contributed by atoms with Crippen molar-refractivity contribution in [1.29, 1.82) is 0 Å². The third kappa shape index (κ3) is 1.93. The Kier molecular flexibility index (Phi) is 2.45. The lowest BCUT2D eigenvalue weighted by molar-refractivity contribution is -0.131. The molecule has 0 radical (unpaired) electrons. The first-order chi connectivity index (χ1) is 4.33. The van der Waals surface area contributed by atoms with Crippen molar-refractivity contribution in [2.45, 2.75) is 25.2 Å². The molecule has 3 heteroatoms. The lowest BCUT2D eigenvalue weighted by Crippen LogP contribution is -2.37. The van der Waals surface area contributed by atoms with E-state index in [0.29, 0.717) is 12.6 Å². The maximum Gasteiger partial charge on any atom is 0.154 e. The van der Waals surface area contributed by atoms with Gasteiger partial charge in [0.25, 0.3) is 0 Å². The Balaban J connectivity index is 2.18. The number of rotatable bonds is 1. The van der Waals surface area contributed by atoms with Crippen molar-refractivity contribution in [2.24, 2.45) is 0 Å². The average molecular weight is 131 g/mol. The summed E-state index contributed by atoms with van der Waals surface area (Å²) in [5.41, 5.74) is 0. The third-order valence-corrected chi connectivity index (χ3v) is 1.66. The first kappa shape index (κ1) is 6.99. The van der Waals surface area contributed by atoms with Crippen LogP contribution in [0.2, 0.25) is 0 Å². The highest BCUT2D eigenvalue weighted by Gasteiger charge is 2.17. The standard InChI is InChI=1S/C6H13NO2/c1-7-5-2-3-6(8)9-4-5/h5-8H,2-4H2,1H3. The molecule has 54 valence electrons. The molecule has 2 atom stereocenters. The van der Waals surface area contributed by atoms with Gasteiger partial charge in [-0.15, -0.1) is 0 Å². The molecule has 0 amide bonds. The summed E-state index contributed by atoms with van der Waals surface area (Å²) < 4.78 is 4.97. The van der Waals surface area contributed by atoms with E-state index in [9.17, 15) is 0 Å². The van der Waals surface area contributed by atoms with Gasteiger partial charge in [0, 0.05) is 6.04 Å². The van der Waals surface area contributed by atoms with Gasteiger partial charge in [0.05, 0.1) is 6.61 Å². The van der Waals surface area contributed by atoms with Gasteiger partial charge in [-0.2, -0.15) is 0 Å². The molecule has 1 fully saturated rings. The maximum absolute atomic E-state index is 8.87. The van der Waals surface area contributed by atoms with Gasteiger partial charge in [-0.05, 0) is 19.9 Å². The van der Waals surface area contributed by atoms with E-state index in [4.69, 9.17) is 9.84 Å². The number of ether oxygens (including phenoxy) is 1. The van der Waals surface area contributed by atoms with Crippen LogP contribution >= 0.6 is 0 Å². The molecular weight excluding hydrogens is 118 g/mol. The van der Waals surface area contributed by atoms with Gasteiger partial charge in [-0.25, -0.2) is 0 Å². The number of nitrogens with one attached hydrogen (secondary N) is 1. The smallest absolute Gasteiger partial charge is 0.154 e. The molecule has 0 bridgehead atoms. The maximum atomic E-state index is 8.87. The number of likely N-dealkylation sites (N-methyl/N-ethyl adjacent to an activating group) is 1.